The molecule has 1 aromatic rings. The summed E-state index contributed by atoms with van der Waals surface area (Å²) in [4.78, 5) is 21.9. The molecule has 1 rings (SSSR count). The molecular formula is C11H8BrFO4. The highest BCUT2D eigenvalue weighted by molar-refractivity contribution is 9.10. The maximum atomic E-state index is 13.2. The molecule has 0 amide bonds. The van der Waals surface area contributed by atoms with Crippen molar-refractivity contribution in [2.75, 3.05) is 7.11 Å². The van der Waals surface area contributed by atoms with Crippen molar-refractivity contribution in [2.45, 2.75) is 0 Å². The predicted octanol–water partition coefficient (Wildman–Crippen LogP) is 2.42. The largest absolute Gasteiger partial charge is 0.496 e. The molecule has 90 valence electrons. The first-order valence-electron chi connectivity index (χ1n) is 4.44. The second-order valence-electron chi connectivity index (χ2n) is 3.00. The summed E-state index contributed by atoms with van der Waals surface area (Å²) in [6, 6.07) is 2.29. The number of carbonyl (C=O) groups excluding carboxylic acids is 1. The molecule has 0 aliphatic heterocycles. The van der Waals surface area contributed by atoms with Crippen LogP contribution in [-0.4, -0.2) is 24.0 Å². The van der Waals surface area contributed by atoms with Gasteiger partial charge in [-0.15, -0.1) is 0 Å². The van der Waals surface area contributed by atoms with Crippen LogP contribution < -0.4 is 4.74 Å². The summed E-state index contributed by atoms with van der Waals surface area (Å²) in [5.41, 5.74) is 0.0817. The molecule has 1 N–H and O–H groups in total. The van der Waals surface area contributed by atoms with Gasteiger partial charge < -0.3 is 9.84 Å². The Morgan fingerprint density at radius 2 is 2.06 bits per heavy atom. The van der Waals surface area contributed by atoms with Crippen LogP contribution in [0.3, 0.4) is 0 Å². The SMILES string of the molecule is COc1cc(F)c(Br)cc1C(=O)/C=C/C(=O)O. The van der Waals surface area contributed by atoms with Gasteiger partial charge in [-0.05, 0) is 28.1 Å². The minimum atomic E-state index is -1.24. The standard InChI is InChI=1S/C11H8BrFO4/c1-17-10-5-8(13)7(12)4-6(10)9(14)2-3-11(15)16/h2-5H,1H3,(H,15,16)/b3-2+. The van der Waals surface area contributed by atoms with Gasteiger partial charge in [0, 0.05) is 12.1 Å². The number of carbonyl (C=O) groups is 2. The number of allylic oxidation sites excluding steroid dienone is 1. The predicted molar refractivity (Wildman–Crippen MR) is 61.8 cm³/mol. The van der Waals surface area contributed by atoms with E-state index in [1.807, 2.05) is 0 Å². The fourth-order valence-corrected chi connectivity index (χ4v) is 1.47. The van der Waals surface area contributed by atoms with Gasteiger partial charge in [-0.3, -0.25) is 4.79 Å². The van der Waals surface area contributed by atoms with Crippen molar-refractivity contribution in [3.63, 3.8) is 0 Å². The summed E-state index contributed by atoms with van der Waals surface area (Å²) in [6.07, 6.45) is 1.59. The zero-order valence-corrected chi connectivity index (χ0v) is 10.3. The van der Waals surface area contributed by atoms with Crippen molar-refractivity contribution in [2.24, 2.45) is 0 Å². The van der Waals surface area contributed by atoms with Gasteiger partial charge in [0.2, 0.25) is 0 Å². The van der Waals surface area contributed by atoms with E-state index >= 15 is 0 Å². The zero-order valence-electron chi connectivity index (χ0n) is 8.74. The van der Waals surface area contributed by atoms with Crippen LogP contribution in [0, 0.1) is 5.82 Å². The van der Waals surface area contributed by atoms with E-state index in [0.717, 1.165) is 12.1 Å². The number of hydrogen-bond donors (Lipinski definition) is 1. The third kappa shape index (κ3) is 3.39. The number of rotatable bonds is 4. The summed E-state index contributed by atoms with van der Waals surface area (Å²) in [5, 5.41) is 8.39. The van der Waals surface area contributed by atoms with E-state index in [-0.39, 0.29) is 15.8 Å². The van der Waals surface area contributed by atoms with Crippen molar-refractivity contribution < 1.29 is 23.8 Å². The molecule has 0 spiro atoms. The number of carboxylic acids is 1. The van der Waals surface area contributed by atoms with E-state index in [1.54, 1.807) is 0 Å². The molecule has 4 nitrogen and oxygen atoms in total. The second kappa shape index (κ2) is 5.58. The fourth-order valence-electron chi connectivity index (χ4n) is 1.13. The Hall–Kier alpha value is -1.69. The molecular weight excluding hydrogens is 295 g/mol. The van der Waals surface area contributed by atoms with E-state index in [9.17, 15) is 14.0 Å². The molecule has 0 heterocycles. The Morgan fingerprint density at radius 1 is 1.41 bits per heavy atom. The number of methoxy groups -OCH3 is 1. The first-order valence-corrected chi connectivity index (χ1v) is 5.23. The topological polar surface area (TPSA) is 63.6 Å². The number of halogens is 2. The minimum Gasteiger partial charge on any atom is -0.496 e. The van der Waals surface area contributed by atoms with Gasteiger partial charge in [-0.25, -0.2) is 9.18 Å². The molecule has 0 saturated carbocycles. The molecule has 0 atom stereocenters. The molecule has 6 heteroatoms. The smallest absolute Gasteiger partial charge is 0.328 e. The lowest BCUT2D eigenvalue weighted by Crippen LogP contribution is -2.01. The van der Waals surface area contributed by atoms with Crippen molar-refractivity contribution in [1.82, 2.24) is 0 Å². The van der Waals surface area contributed by atoms with Crippen molar-refractivity contribution >= 4 is 27.7 Å². The van der Waals surface area contributed by atoms with Crippen LogP contribution in [0.4, 0.5) is 4.39 Å². The van der Waals surface area contributed by atoms with Crippen molar-refractivity contribution in [3.05, 3.63) is 40.1 Å². The average molecular weight is 303 g/mol. The number of hydrogen-bond acceptors (Lipinski definition) is 3. The Morgan fingerprint density at radius 3 is 2.59 bits per heavy atom. The van der Waals surface area contributed by atoms with Crippen molar-refractivity contribution in [1.29, 1.82) is 0 Å². The van der Waals surface area contributed by atoms with Crippen LogP contribution in [0.2, 0.25) is 0 Å². The number of ketones is 1. The summed E-state index contributed by atoms with van der Waals surface area (Å²) in [7, 11) is 1.29. The van der Waals surface area contributed by atoms with Crippen LogP contribution in [0.25, 0.3) is 0 Å². The van der Waals surface area contributed by atoms with Crippen LogP contribution in [0.5, 0.6) is 5.75 Å². The zero-order chi connectivity index (χ0) is 13.0. The molecule has 0 bridgehead atoms. The number of ether oxygens (including phenoxy) is 1. The average Bonchev–Trinajstić information content (AvgIpc) is 2.28. The lowest BCUT2D eigenvalue weighted by molar-refractivity contribution is -0.131. The van der Waals surface area contributed by atoms with Gasteiger partial charge in [0.15, 0.2) is 5.78 Å². The molecule has 0 aromatic heterocycles. The Labute approximate surface area is 105 Å². The molecule has 17 heavy (non-hydrogen) atoms. The molecule has 0 saturated heterocycles. The van der Waals surface area contributed by atoms with E-state index in [0.29, 0.717) is 6.08 Å². The highest BCUT2D eigenvalue weighted by Gasteiger charge is 2.13. The molecule has 0 fully saturated rings. The number of aliphatic carboxylic acids is 1. The van der Waals surface area contributed by atoms with Gasteiger partial charge >= 0.3 is 5.97 Å². The van der Waals surface area contributed by atoms with Gasteiger partial charge in [0.25, 0.3) is 0 Å². The molecule has 1 aromatic carbocycles. The van der Waals surface area contributed by atoms with Crippen LogP contribution in [-0.2, 0) is 4.79 Å². The summed E-state index contributed by atoms with van der Waals surface area (Å²) in [5.74, 6) is -2.34. The maximum Gasteiger partial charge on any atom is 0.328 e. The normalized spacial score (nSPS) is 10.5. The highest BCUT2D eigenvalue weighted by Crippen LogP contribution is 2.26. The molecule has 0 radical (unpaired) electrons. The Balaban J connectivity index is 3.16. The lowest BCUT2D eigenvalue weighted by atomic mass is 10.1. The summed E-state index contributed by atoms with van der Waals surface area (Å²) >= 11 is 2.93. The number of benzene rings is 1. The van der Waals surface area contributed by atoms with E-state index in [1.165, 1.54) is 13.2 Å². The van der Waals surface area contributed by atoms with Gasteiger partial charge in [0.05, 0.1) is 17.1 Å². The number of carboxylic acid groups (broad SMARTS) is 1. The first-order chi connectivity index (χ1) is 7.95. The fraction of sp³-hybridized carbons (Fsp3) is 0.0909. The Bertz CT molecular complexity index is 496. The third-order valence-corrected chi connectivity index (χ3v) is 2.49. The maximum absolute atomic E-state index is 13.2. The van der Waals surface area contributed by atoms with Gasteiger partial charge in [-0.2, -0.15) is 0 Å². The lowest BCUT2D eigenvalue weighted by Gasteiger charge is -2.06. The van der Waals surface area contributed by atoms with Crippen LogP contribution in [0.1, 0.15) is 10.4 Å². The highest BCUT2D eigenvalue weighted by atomic mass is 79.9. The first kappa shape index (κ1) is 13.4. The van der Waals surface area contributed by atoms with Crippen molar-refractivity contribution in [3.8, 4) is 5.75 Å². The third-order valence-electron chi connectivity index (χ3n) is 1.89. The second-order valence-corrected chi connectivity index (χ2v) is 3.86. The van der Waals surface area contributed by atoms with Crippen LogP contribution >= 0.6 is 15.9 Å². The summed E-state index contributed by atoms with van der Waals surface area (Å²) in [6.45, 7) is 0. The summed E-state index contributed by atoms with van der Waals surface area (Å²) < 4.78 is 18.1. The van der Waals surface area contributed by atoms with Crippen LogP contribution in [0.15, 0.2) is 28.8 Å². The quantitative estimate of drug-likeness (QED) is 0.685. The monoisotopic (exact) mass is 302 g/mol. The minimum absolute atomic E-state index is 0.0470. The molecule has 0 aliphatic carbocycles. The van der Waals surface area contributed by atoms with E-state index < -0.39 is 17.6 Å². The molecule has 0 unspecified atom stereocenters. The van der Waals surface area contributed by atoms with E-state index in [4.69, 9.17) is 9.84 Å². The van der Waals surface area contributed by atoms with E-state index in [2.05, 4.69) is 15.9 Å². The van der Waals surface area contributed by atoms with Gasteiger partial charge in [-0.1, -0.05) is 0 Å². The molecule has 0 aliphatic rings. The van der Waals surface area contributed by atoms with Gasteiger partial charge in [0.1, 0.15) is 11.6 Å². The Kier molecular flexibility index (Phi) is 4.39.